The number of benzene rings is 3. The molecule has 0 fully saturated rings. The molecule has 122 valence electrons. The number of fused-ring (bicyclic) bond motifs is 3. The SMILES string of the molecule is O=C(O)c1ccc(N=Nc2sc3c(ccc4ccccc43)c2[O-])cc1. The first-order chi connectivity index (χ1) is 12.1. The highest BCUT2D eigenvalue weighted by molar-refractivity contribution is 7.24. The Morgan fingerprint density at radius 1 is 0.920 bits per heavy atom. The zero-order valence-corrected chi connectivity index (χ0v) is 13.7. The molecule has 0 atom stereocenters. The molecule has 4 aromatic rings. The highest BCUT2D eigenvalue weighted by Crippen LogP contribution is 2.44. The van der Waals surface area contributed by atoms with Gasteiger partial charge in [-0.2, -0.15) is 0 Å². The van der Waals surface area contributed by atoms with Crippen LogP contribution in [0.1, 0.15) is 10.4 Å². The van der Waals surface area contributed by atoms with Gasteiger partial charge < -0.3 is 10.2 Å². The van der Waals surface area contributed by atoms with Gasteiger partial charge in [-0.25, -0.2) is 4.79 Å². The van der Waals surface area contributed by atoms with Crippen LogP contribution in [-0.2, 0) is 0 Å². The van der Waals surface area contributed by atoms with Gasteiger partial charge in [-0.05, 0) is 40.4 Å². The van der Waals surface area contributed by atoms with E-state index in [1.165, 1.54) is 23.5 Å². The van der Waals surface area contributed by atoms with Crippen molar-refractivity contribution < 1.29 is 15.0 Å². The second-order valence-electron chi connectivity index (χ2n) is 5.45. The molecule has 0 amide bonds. The summed E-state index contributed by atoms with van der Waals surface area (Å²) in [6.45, 7) is 0. The molecular formula is C19H11N2O3S-. The number of nitrogens with zero attached hydrogens (tertiary/aromatic N) is 2. The van der Waals surface area contributed by atoms with E-state index in [-0.39, 0.29) is 11.3 Å². The fraction of sp³-hybridized carbons (Fsp3) is 0. The van der Waals surface area contributed by atoms with Crippen LogP contribution in [0.25, 0.3) is 20.9 Å². The summed E-state index contributed by atoms with van der Waals surface area (Å²) < 4.78 is 0.901. The quantitative estimate of drug-likeness (QED) is 0.514. The van der Waals surface area contributed by atoms with Crippen LogP contribution < -0.4 is 5.11 Å². The third kappa shape index (κ3) is 2.72. The lowest BCUT2D eigenvalue weighted by Crippen LogP contribution is -1.93. The summed E-state index contributed by atoms with van der Waals surface area (Å²) in [6.07, 6.45) is 0. The van der Waals surface area contributed by atoms with Gasteiger partial charge in [0, 0.05) is 4.70 Å². The largest absolute Gasteiger partial charge is 0.870 e. The molecule has 6 heteroatoms. The highest BCUT2D eigenvalue weighted by atomic mass is 32.1. The van der Waals surface area contributed by atoms with Crippen molar-refractivity contribution in [3.8, 4) is 5.75 Å². The van der Waals surface area contributed by atoms with Gasteiger partial charge in [-0.3, -0.25) is 0 Å². The minimum absolute atomic E-state index is 0.142. The molecule has 4 rings (SSSR count). The van der Waals surface area contributed by atoms with E-state index >= 15 is 0 Å². The van der Waals surface area contributed by atoms with Crippen LogP contribution in [0, 0.1) is 0 Å². The molecule has 25 heavy (non-hydrogen) atoms. The third-order valence-corrected chi connectivity index (χ3v) is 4.99. The van der Waals surface area contributed by atoms with Crippen molar-refractivity contribution in [2.75, 3.05) is 0 Å². The number of rotatable bonds is 3. The van der Waals surface area contributed by atoms with Crippen molar-refractivity contribution >= 4 is 48.9 Å². The van der Waals surface area contributed by atoms with Crippen LogP contribution in [0.15, 0.2) is 70.9 Å². The number of hydrogen-bond acceptors (Lipinski definition) is 5. The van der Waals surface area contributed by atoms with Crippen molar-refractivity contribution in [2.45, 2.75) is 0 Å². The normalized spacial score (nSPS) is 11.5. The number of thiophene rings is 1. The van der Waals surface area contributed by atoms with E-state index in [2.05, 4.69) is 10.2 Å². The molecule has 0 unspecified atom stereocenters. The van der Waals surface area contributed by atoms with Gasteiger partial charge in [0.1, 0.15) is 5.00 Å². The van der Waals surface area contributed by atoms with Crippen molar-refractivity contribution in [2.24, 2.45) is 10.2 Å². The van der Waals surface area contributed by atoms with Gasteiger partial charge in [0.15, 0.2) is 0 Å². The van der Waals surface area contributed by atoms with E-state index in [1.807, 2.05) is 36.4 Å². The molecule has 1 heterocycles. The van der Waals surface area contributed by atoms with Crippen LogP contribution in [0.2, 0.25) is 0 Å². The van der Waals surface area contributed by atoms with Gasteiger partial charge >= 0.3 is 5.97 Å². The monoisotopic (exact) mass is 347 g/mol. The third-order valence-electron chi connectivity index (χ3n) is 3.89. The number of carboxylic acids is 1. The minimum Gasteiger partial charge on any atom is -0.870 e. The maximum atomic E-state index is 12.5. The molecule has 1 aromatic heterocycles. The Balaban J connectivity index is 1.75. The first-order valence-corrected chi connectivity index (χ1v) is 8.31. The van der Waals surface area contributed by atoms with Gasteiger partial charge in [-0.1, -0.05) is 42.1 Å². The first-order valence-electron chi connectivity index (χ1n) is 7.50. The number of hydrogen-bond donors (Lipinski definition) is 1. The Bertz CT molecular complexity index is 1130. The molecule has 0 radical (unpaired) electrons. The van der Waals surface area contributed by atoms with Gasteiger partial charge in [0.2, 0.25) is 0 Å². The Labute approximate surface area is 146 Å². The topological polar surface area (TPSA) is 85.1 Å². The lowest BCUT2D eigenvalue weighted by molar-refractivity contribution is -0.264. The molecule has 0 aliphatic heterocycles. The molecule has 0 aliphatic carbocycles. The van der Waals surface area contributed by atoms with Crippen molar-refractivity contribution in [1.82, 2.24) is 0 Å². The molecule has 3 aromatic carbocycles. The van der Waals surface area contributed by atoms with Crippen LogP contribution in [-0.4, -0.2) is 11.1 Å². The van der Waals surface area contributed by atoms with Crippen LogP contribution >= 0.6 is 11.3 Å². The van der Waals surface area contributed by atoms with Crippen LogP contribution in [0.3, 0.4) is 0 Å². The maximum Gasteiger partial charge on any atom is 0.335 e. The Kier molecular flexibility index (Phi) is 3.66. The maximum absolute atomic E-state index is 12.5. The Hall–Kier alpha value is -3.25. The number of carbonyl (C=O) groups is 1. The molecule has 0 spiro atoms. The number of aromatic carboxylic acids is 1. The lowest BCUT2D eigenvalue weighted by atomic mass is 10.1. The smallest absolute Gasteiger partial charge is 0.335 e. The summed E-state index contributed by atoms with van der Waals surface area (Å²) in [5, 5.41) is 32.6. The fourth-order valence-electron chi connectivity index (χ4n) is 2.63. The van der Waals surface area contributed by atoms with E-state index < -0.39 is 5.97 Å². The molecule has 0 saturated heterocycles. The second-order valence-corrected chi connectivity index (χ2v) is 6.45. The summed E-state index contributed by atoms with van der Waals surface area (Å²) >= 11 is 1.31. The summed E-state index contributed by atoms with van der Waals surface area (Å²) in [5.41, 5.74) is 0.670. The molecule has 0 aliphatic rings. The summed E-state index contributed by atoms with van der Waals surface area (Å²) in [4.78, 5) is 10.8. The average Bonchev–Trinajstić information content (AvgIpc) is 2.97. The fourth-order valence-corrected chi connectivity index (χ4v) is 3.67. The van der Waals surface area contributed by atoms with Crippen molar-refractivity contribution in [3.63, 3.8) is 0 Å². The summed E-state index contributed by atoms with van der Waals surface area (Å²) in [7, 11) is 0. The predicted molar refractivity (Wildman–Crippen MR) is 96.4 cm³/mol. The molecule has 5 nitrogen and oxygen atoms in total. The standard InChI is InChI=1S/C19H12N2O3S/c22-16-15-10-7-11-3-1-2-4-14(11)17(15)25-18(16)21-20-13-8-5-12(6-9-13)19(23)24/h1-10,22H,(H,23,24)/p-1. The van der Waals surface area contributed by atoms with Crippen LogP contribution in [0.4, 0.5) is 10.7 Å². The molecular weight excluding hydrogens is 336 g/mol. The van der Waals surface area contributed by atoms with Gasteiger partial charge in [0.05, 0.1) is 11.3 Å². The van der Waals surface area contributed by atoms with Crippen molar-refractivity contribution in [1.29, 1.82) is 0 Å². The minimum atomic E-state index is -0.998. The first kappa shape index (κ1) is 15.3. The highest BCUT2D eigenvalue weighted by Gasteiger charge is 2.08. The Morgan fingerprint density at radius 2 is 1.68 bits per heavy atom. The van der Waals surface area contributed by atoms with Crippen LogP contribution in [0.5, 0.6) is 5.75 Å². The van der Waals surface area contributed by atoms with E-state index in [0.717, 1.165) is 15.5 Å². The van der Waals surface area contributed by atoms with E-state index in [4.69, 9.17) is 5.11 Å². The number of azo groups is 1. The zero-order chi connectivity index (χ0) is 17.4. The second kappa shape index (κ2) is 5.99. The van der Waals surface area contributed by atoms with E-state index in [0.29, 0.717) is 16.1 Å². The Morgan fingerprint density at radius 3 is 2.44 bits per heavy atom. The average molecular weight is 347 g/mol. The van der Waals surface area contributed by atoms with Crippen molar-refractivity contribution in [3.05, 3.63) is 66.2 Å². The van der Waals surface area contributed by atoms with Gasteiger partial charge in [0.25, 0.3) is 0 Å². The van der Waals surface area contributed by atoms with E-state index in [9.17, 15) is 9.90 Å². The van der Waals surface area contributed by atoms with E-state index in [1.54, 1.807) is 12.1 Å². The number of carboxylic acid groups (broad SMARTS) is 1. The molecule has 0 saturated carbocycles. The zero-order valence-electron chi connectivity index (χ0n) is 12.8. The molecule has 1 N–H and O–H groups in total. The lowest BCUT2D eigenvalue weighted by Gasteiger charge is -2.04. The summed E-state index contributed by atoms with van der Waals surface area (Å²) in [5.74, 6) is -1.14. The summed E-state index contributed by atoms with van der Waals surface area (Å²) in [6, 6.07) is 17.6. The molecule has 0 bridgehead atoms. The predicted octanol–water partition coefficient (Wildman–Crippen LogP) is 5.24. The van der Waals surface area contributed by atoms with Gasteiger partial charge in [-0.15, -0.1) is 21.6 Å².